The molecule has 2 heterocycles. The molecular formula is C49H68N12O17S2. The largest absolute Gasteiger partial charge is 0.508 e. The highest BCUT2D eigenvalue weighted by molar-refractivity contribution is 8.76. The molecule has 0 bridgehead atoms. The van der Waals surface area contributed by atoms with E-state index in [1.54, 1.807) is 0 Å². The fourth-order valence-corrected chi connectivity index (χ4v) is 10.4. The Hall–Kier alpha value is -7.74. The number of primary amides is 2. The minimum absolute atomic E-state index is 0.0322. The fourth-order valence-electron chi connectivity index (χ4n) is 8.17. The first kappa shape index (κ1) is 64.8. The number of aromatic hydroxyl groups is 2. The third-order valence-corrected chi connectivity index (χ3v) is 15.0. The Kier molecular flexibility index (Phi) is 24.8. The number of aliphatic hydroxyl groups excluding tert-OH is 2. The highest BCUT2D eigenvalue weighted by atomic mass is 33.1. The second-order valence-electron chi connectivity index (χ2n) is 19.1. The molecule has 2 aromatic carbocycles. The number of hydrogen-bond donors (Lipinski definition) is 16. The van der Waals surface area contributed by atoms with Gasteiger partial charge in [0.2, 0.25) is 65.0 Å². The summed E-state index contributed by atoms with van der Waals surface area (Å²) in [7, 11) is 1.80. The van der Waals surface area contributed by atoms with Crippen molar-refractivity contribution in [1.29, 1.82) is 0 Å². The van der Waals surface area contributed by atoms with Crippen molar-refractivity contribution in [3.63, 3.8) is 0 Å². The van der Waals surface area contributed by atoms with Crippen LogP contribution in [0.5, 0.6) is 11.5 Å². The van der Waals surface area contributed by atoms with Crippen molar-refractivity contribution in [1.82, 2.24) is 47.4 Å². The molecule has 0 aromatic heterocycles. The van der Waals surface area contributed by atoms with Gasteiger partial charge in [0.25, 0.3) is 0 Å². The fraction of sp³-hybridized carbons (Fsp3) is 0.510. The number of hydrogen-bond acceptors (Lipinski definition) is 19. The molecule has 0 radical (unpaired) electrons. The molecule has 2 fully saturated rings. The Labute approximate surface area is 466 Å². The van der Waals surface area contributed by atoms with Crippen LogP contribution < -0.4 is 59.7 Å². The van der Waals surface area contributed by atoms with Crippen LogP contribution in [0.4, 0.5) is 0 Å². The van der Waals surface area contributed by atoms with E-state index >= 15 is 0 Å². The summed E-state index contributed by atoms with van der Waals surface area (Å²) in [5.41, 5.74) is 17.8. The lowest BCUT2D eigenvalue weighted by Gasteiger charge is -2.31. The molecular weight excluding hydrogens is 1090 g/mol. The number of phenolic OH excluding ortho intramolecular Hbond substituents is 2. The van der Waals surface area contributed by atoms with Gasteiger partial charge in [-0.05, 0) is 75.4 Å². The number of aliphatic hydroxyl groups is 2. The van der Waals surface area contributed by atoms with Gasteiger partial charge in [-0.25, -0.2) is 4.79 Å². The summed E-state index contributed by atoms with van der Waals surface area (Å²) in [6.07, 6.45) is -5.71. The summed E-state index contributed by atoms with van der Waals surface area (Å²) in [5.74, 6) is -13.8. The summed E-state index contributed by atoms with van der Waals surface area (Å²) in [4.78, 5) is 163. The molecule has 0 spiro atoms. The van der Waals surface area contributed by atoms with Crippen molar-refractivity contribution in [2.24, 2.45) is 17.2 Å². The molecule has 11 amide bonds. The van der Waals surface area contributed by atoms with Crippen LogP contribution in [0, 0.1) is 0 Å². The van der Waals surface area contributed by atoms with Crippen molar-refractivity contribution in [3.8, 4) is 11.5 Å². The SMILES string of the molecule is C[C@@H]1NC(=O)[C@H](CCC(N)=O)NC(=O)[C@H](Cc2ccc(O)cc2)NC(=O)[C@H]([C@@H](C)O)NC(=O)[C@H]([C@@H](C)O)NC(=O)[C@@H]2CCCN2C(=O)[C@H](CC(N)=O)NC(=O)[C@H](Cc2ccc(O)cc2)NC(=O)[C@@H](N)CSSC[C@@H](C(=O)O)NC1=O. The monoisotopic (exact) mass is 1160 g/mol. The molecule has 438 valence electrons. The number of nitrogens with two attached hydrogens (primary N) is 3. The van der Waals surface area contributed by atoms with E-state index in [1.165, 1.54) is 55.5 Å². The topological polar surface area (TPSA) is 484 Å². The minimum atomic E-state index is -1.94. The number of amides is 11. The number of aliphatic carboxylic acids is 1. The molecule has 0 unspecified atom stereocenters. The average Bonchev–Trinajstić information content (AvgIpc) is 3.94. The number of phenols is 2. The van der Waals surface area contributed by atoms with Crippen LogP contribution in [0.3, 0.4) is 0 Å². The van der Waals surface area contributed by atoms with Crippen molar-refractivity contribution >= 4 is 92.5 Å². The van der Waals surface area contributed by atoms with Gasteiger partial charge in [0.05, 0.1) is 24.7 Å². The number of carbonyl (C=O) groups is 12. The van der Waals surface area contributed by atoms with E-state index in [0.29, 0.717) is 11.1 Å². The van der Waals surface area contributed by atoms with E-state index in [1.807, 2.05) is 0 Å². The van der Waals surface area contributed by atoms with Gasteiger partial charge in [0, 0.05) is 37.3 Å². The average molecular weight is 1160 g/mol. The number of carboxylic acid groups (broad SMARTS) is 1. The highest BCUT2D eigenvalue weighted by Crippen LogP contribution is 2.24. The van der Waals surface area contributed by atoms with Crippen molar-refractivity contribution < 1.29 is 83.1 Å². The summed E-state index contributed by atoms with van der Waals surface area (Å²) >= 11 is 0. The third kappa shape index (κ3) is 19.9. The lowest BCUT2D eigenvalue weighted by Crippen LogP contribution is -2.63. The molecule has 0 aliphatic carbocycles. The minimum Gasteiger partial charge on any atom is -0.508 e. The van der Waals surface area contributed by atoms with Gasteiger partial charge in [-0.15, -0.1) is 0 Å². The summed E-state index contributed by atoms with van der Waals surface area (Å²) < 4.78 is 0. The zero-order valence-electron chi connectivity index (χ0n) is 43.7. The number of carboxylic acids is 1. The first-order valence-corrected chi connectivity index (χ1v) is 27.6. The number of carbonyl (C=O) groups excluding carboxylic acids is 11. The van der Waals surface area contributed by atoms with Crippen LogP contribution in [0.15, 0.2) is 48.5 Å². The predicted molar refractivity (Wildman–Crippen MR) is 286 cm³/mol. The number of rotatable bonds is 12. The number of benzene rings is 2. The number of fused-ring (bicyclic) bond motifs is 1. The molecule has 29 nitrogen and oxygen atoms in total. The van der Waals surface area contributed by atoms with Gasteiger partial charge in [-0.1, -0.05) is 45.9 Å². The van der Waals surface area contributed by atoms with Crippen molar-refractivity contribution in [2.45, 2.75) is 138 Å². The van der Waals surface area contributed by atoms with Crippen LogP contribution in [0.1, 0.15) is 64.0 Å². The summed E-state index contributed by atoms with van der Waals surface area (Å²) in [6.45, 7) is 3.26. The molecule has 2 saturated heterocycles. The molecule has 2 aromatic rings. The Morgan fingerprint density at radius 3 is 1.56 bits per heavy atom. The maximum atomic E-state index is 14.3. The van der Waals surface area contributed by atoms with Crippen LogP contribution in [-0.4, -0.2) is 192 Å². The maximum absolute atomic E-state index is 14.3. The molecule has 12 atom stereocenters. The first-order valence-electron chi connectivity index (χ1n) is 25.1. The number of nitrogens with zero attached hydrogens (tertiary/aromatic N) is 1. The van der Waals surface area contributed by atoms with Crippen LogP contribution in [0.2, 0.25) is 0 Å². The van der Waals surface area contributed by atoms with E-state index in [0.717, 1.165) is 40.3 Å². The van der Waals surface area contributed by atoms with Gasteiger partial charge in [-0.2, -0.15) is 0 Å². The Bertz CT molecular complexity index is 2600. The first-order chi connectivity index (χ1) is 37.6. The maximum Gasteiger partial charge on any atom is 0.327 e. The molecule has 0 saturated carbocycles. The molecule has 31 heteroatoms. The third-order valence-electron chi connectivity index (χ3n) is 12.6. The molecule has 19 N–H and O–H groups in total. The summed E-state index contributed by atoms with van der Waals surface area (Å²) in [6, 6.07) is -5.47. The molecule has 80 heavy (non-hydrogen) atoms. The van der Waals surface area contributed by atoms with Gasteiger partial charge in [0.15, 0.2) is 0 Å². The van der Waals surface area contributed by atoms with E-state index < -0.39 is 163 Å². The molecule has 2 aliphatic heterocycles. The second kappa shape index (κ2) is 30.6. The van der Waals surface area contributed by atoms with Gasteiger partial charge in [0.1, 0.15) is 65.9 Å². The van der Waals surface area contributed by atoms with E-state index in [2.05, 4.69) is 42.5 Å². The quantitative estimate of drug-likeness (QED) is 0.0882. The van der Waals surface area contributed by atoms with Crippen LogP contribution in [-0.2, 0) is 70.4 Å². The van der Waals surface area contributed by atoms with E-state index in [9.17, 15) is 83.1 Å². The standard InChI is InChI=1S/C49H68N12O17S2/c1-22-40(68)58-34(49(77)78)21-80-79-20-29(50)41(69)55-31(17-25-6-10-27(64)11-7-25)44(72)57-33(19-37(52)67)48(76)61-16-4-5-35(61)45(73)59-39(24(3)63)47(75)60-38(23(2)62)46(74)56-32(18-26-8-12-28(65)13-9-26)43(71)54-30(42(70)53-22)14-15-36(51)66/h6-13,22-24,29-35,38-39,62-65H,4-5,14-21,50H2,1-3H3,(H2,51,66)(H2,52,67)(H,53,70)(H,54,71)(H,55,69)(H,56,74)(H,57,72)(H,58,68)(H,59,73)(H,60,75)(H,77,78)/t22-,23+,24+,29-,30-,31-,32-,33-,34-,35-,38-,39-/m0/s1. The zero-order valence-corrected chi connectivity index (χ0v) is 45.4. The lowest BCUT2D eigenvalue weighted by atomic mass is 10.0. The van der Waals surface area contributed by atoms with E-state index in [4.69, 9.17) is 17.2 Å². The Balaban J connectivity index is 1.74. The van der Waals surface area contributed by atoms with Gasteiger partial charge >= 0.3 is 5.97 Å². The zero-order chi connectivity index (χ0) is 59.5. The highest BCUT2D eigenvalue weighted by Gasteiger charge is 2.42. The smallest absolute Gasteiger partial charge is 0.327 e. The van der Waals surface area contributed by atoms with E-state index in [-0.39, 0.29) is 55.2 Å². The number of nitrogens with one attached hydrogen (secondary N) is 8. The lowest BCUT2D eigenvalue weighted by molar-refractivity contribution is -0.144. The van der Waals surface area contributed by atoms with Crippen molar-refractivity contribution in [2.75, 3.05) is 18.1 Å². The predicted octanol–water partition coefficient (Wildman–Crippen LogP) is -5.52. The van der Waals surface area contributed by atoms with Gasteiger partial charge < -0.3 is 90.2 Å². The molecule has 2 aliphatic rings. The van der Waals surface area contributed by atoms with Gasteiger partial charge in [-0.3, -0.25) is 52.7 Å². The normalized spacial score (nSPS) is 26.8. The van der Waals surface area contributed by atoms with Crippen molar-refractivity contribution in [3.05, 3.63) is 59.7 Å². The Morgan fingerprint density at radius 2 is 1.06 bits per heavy atom. The van der Waals surface area contributed by atoms with Crippen LogP contribution in [0.25, 0.3) is 0 Å². The second-order valence-corrected chi connectivity index (χ2v) is 21.7. The molecule has 4 rings (SSSR count). The van der Waals surface area contributed by atoms with Crippen LogP contribution >= 0.6 is 21.6 Å². The summed E-state index contributed by atoms with van der Waals surface area (Å²) in [5, 5.41) is 70.5. The Morgan fingerprint density at radius 1 is 0.600 bits per heavy atom.